The quantitative estimate of drug-likeness (QED) is 0.760. The Morgan fingerprint density at radius 2 is 2.08 bits per heavy atom. The van der Waals surface area contributed by atoms with E-state index in [2.05, 4.69) is 25.6 Å². The van der Waals surface area contributed by atoms with Crippen LogP contribution in [0.4, 0.5) is 0 Å². The summed E-state index contributed by atoms with van der Waals surface area (Å²) >= 11 is 0. The van der Waals surface area contributed by atoms with Gasteiger partial charge >= 0.3 is 0 Å². The van der Waals surface area contributed by atoms with Crippen molar-refractivity contribution in [2.45, 2.75) is 39.9 Å². The fourth-order valence-electron chi connectivity index (χ4n) is 3.04. The van der Waals surface area contributed by atoms with Gasteiger partial charge in [0.2, 0.25) is 0 Å². The van der Waals surface area contributed by atoms with Crippen LogP contribution < -0.4 is 5.32 Å². The van der Waals surface area contributed by atoms with Crippen molar-refractivity contribution in [3.8, 4) is 0 Å². The summed E-state index contributed by atoms with van der Waals surface area (Å²) in [7, 11) is 0. The average Bonchev–Trinajstić information content (AvgIpc) is 3.20. The van der Waals surface area contributed by atoms with E-state index in [9.17, 15) is 4.79 Å². The van der Waals surface area contributed by atoms with Crippen LogP contribution in [0.15, 0.2) is 12.3 Å². The number of nitrogens with one attached hydrogen (secondary N) is 1. The maximum absolute atomic E-state index is 12.4. The molecule has 1 N–H and O–H groups in total. The molecule has 0 aliphatic carbocycles. The SMILES string of the molecule is Cc1cc(C)n(CC(C)NC(=O)c2cn(CCN3CCOCC3)nn2)n1. The number of hydrogen-bond acceptors (Lipinski definition) is 6. The lowest BCUT2D eigenvalue weighted by molar-refractivity contribution is 0.0359. The molecule has 3 rings (SSSR count). The number of hydrogen-bond donors (Lipinski definition) is 1. The molecule has 1 aliphatic heterocycles. The highest BCUT2D eigenvalue weighted by atomic mass is 16.5. The van der Waals surface area contributed by atoms with E-state index < -0.39 is 0 Å². The molecule has 2 aromatic rings. The van der Waals surface area contributed by atoms with Crippen molar-refractivity contribution >= 4 is 5.91 Å². The predicted octanol–water partition coefficient (Wildman–Crippen LogP) is 0.242. The summed E-state index contributed by atoms with van der Waals surface area (Å²) in [5.41, 5.74) is 2.40. The molecule has 0 bridgehead atoms. The standard InChI is InChI=1S/C17H27N7O2/c1-13-10-15(3)24(20-13)11-14(2)18-17(25)16-12-23(21-19-16)5-4-22-6-8-26-9-7-22/h10,12,14H,4-9,11H2,1-3H3,(H,18,25). The molecule has 2 aromatic heterocycles. The van der Waals surface area contributed by atoms with E-state index >= 15 is 0 Å². The predicted molar refractivity (Wildman–Crippen MR) is 95.9 cm³/mol. The lowest BCUT2D eigenvalue weighted by Gasteiger charge is -2.26. The van der Waals surface area contributed by atoms with Crippen molar-refractivity contribution in [3.63, 3.8) is 0 Å². The molecule has 1 aliphatic rings. The van der Waals surface area contributed by atoms with Gasteiger partial charge in [0.25, 0.3) is 5.91 Å². The topological polar surface area (TPSA) is 90.1 Å². The van der Waals surface area contributed by atoms with Gasteiger partial charge in [0, 0.05) is 31.4 Å². The molecule has 142 valence electrons. The molecule has 1 amide bonds. The molecule has 1 fully saturated rings. The number of morpholine rings is 1. The van der Waals surface area contributed by atoms with Gasteiger partial charge in [-0.3, -0.25) is 19.1 Å². The summed E-state index contributed by atoms with van der Waals surface area (Å²) in [6.07, 6.45) is 1.70. The number of ether oxygens (including phenoxy) is 1. The van der Waals surface area contributed by atoms with Crippen LogP contribution >= 0.6 is 0 Å². The first kappa shape index (κ1) is 18.5. The summed E-state index contributed by atoms with van der Waals surface area (Å²) in [6.45, 7) is 11.6. The van der Waals surface area contributed by atoms with E-state index in [1.165, 1.54) is 0 Å². The first-order valence-electron chi connectivity index (χ1n) is 9.03. The molecule has 9 nitrogen and oxygen atoms in total. The first-order valence-corrected chi connectivity index (χ1v) is 9.03. The zero-order chi connectivity index (χ0) is 18.5. The summed E-state index contributed by atoms with van der Waals surface area (Å²) < 4.78 is 8.96. The van der Waals surface area contributed by atoms with Crippen molar-refractivity contribution in [1.82, 2.24) is 35.0 Å². The number of aryl methyl sites for hydroxylation is 2. The molecule has 0 spiro atoms. The van der Waals surface area contributed by atoms with Crippen molar-refractivity contribution < 1.29 is 9.53 Å². The Kier molecular flexibility index (Phi) is 6.00. The third-order valence-electron chi connectivity index (χ3n) is 4.45. The van der Waals surface area contributed by atoms with Gasteiger partial charge in [0.05, 0.1) is 38.2 Å². The summed E-state index contributed by atoms with van der Waals surface area (Å²) in [5.74, 6) is -0.211. The number of carbonyl (C=O) groups excluding carboxylic acids is 1. The van der Waals surface area contributed by atoms with E-state index in [-0.39, 0.29) is 11.9 Å². The van der Waals surface area contributed by atoms with Crippen LogP contribution in [0, 0.1) is 13.8 Å². The van der Waals surface area contributed by atoms with E-state index in [1.54, 1.807) is 10.9 Å². The van der Waals surface area contributed by atoms with Gasteiger partial charge in [0.1, 0.15) is 0 Å². The van der Waals surface area contributed by atoms with Gasteiger partial charge in [-0.05, 0) is 26.8 Å². The van der Waals surface area contributed by atoms with Crippen molar-refractivity contribution in [3.05, 3.63) is 29.3 Å². The van der Waals surface area contributed by atoms with Crippen LogP contribution in [0.3, 0.4) is 0 Å². The van der Waals surface area contributed by atoms with E-state index in [0.29, 0.717) is 18.8 Å². The second-order valence-electron chi connectivity index (χ2n) is 6.80. The van der Waals surface area contributed by atoms with Gasteiger partial charge in [-0.15, -0.1) is 5.10 Å². The second-order valence-corrected chi connectivity index (χ2v) is 6.80. The highest BCUT2D eigenvalue weighted by Crippen LogP contribution is 2.04. The first-order chi connectivity index (χ1) is 12.5. The smallest absolute Gasteiger partial charge is 0.273 e. The van der Waals surface area contributed by atoms with Crippen LogP contribution in [0.2, 0.25) is 0 Å². The number of rotatable bonds is 7. The van der Waals surface area contributed by atoms with Crippen molar-refractivity contribution in [2.75, 3.05) is 32.8 Å². The minimum atomic E-state index is -0.211. The van der Waals surface area contributed by atoms with Gasteiger partial charge < -0.3 is 10.1 Å². The molecule has 9 heteroatoms. The van der Waals surface area contributed by atoms with E-state index in [0.717, 1.165) is 44.2 Å². The largest absolute Gasteiger partial charge is 0.379 e. The Labute approximate surface area is 153 Å². The monoisotopic (exact) mass is 361 g/mol. The Hall–Kier alpha value is -2.26. The molecular formula is C17H27N7O2. The van der Waals surface area contributed by atoms with Crippen LogP contribution in [0.5, 0.6) is 0 Å². The highest BCUT2D eigenvalue weighted by Gasteiger charge is 2.16. The summed E-state index contributed by atoms with van der Waals surface area (Å²) in [4.78, 5) is 14.7. The number of nitrogens with zero attached hydrogens (tertiary/aromatic N) is 6. The second kappa shape index (κ2) is 8.41. The molecule has 1 unspecified atom stereocenters. The van der Waals surface area contributed by atoms with Crippen LogP contribution in [-0.4, -0.2) is 74.5 Å². The maximum atomic E-state index is 12.4. The van der Waals surface area contributed by atoms with E-state index in [1.807, 2.05) is 31.5 Å². The van der Waals surface area contributed by atoms with E-state index in [4.69, 9.17) is 4.74 Å². The van der Waals surface area contributed by atoms with Gasteiger partial charge in [0.15, 0.2) is 5.69 Å². The Balaban J connectivity index is 1.48. The van der Waals surface area contributed by atoms with Crippen LogP contribution in [0.1, 0.15) is 28.8 Å². The number of aromatic nitrogens is 5. The maximum Gasteiger partial charge on any atom is 0.273 e. The van der Waals surface area contributed by atoms with Gasteiger partial charge in [-0.25, -0.2) is 0 Å². The third kappa shape index (κ3) is 4.89. The zero-order valence-corrected chi connectivity index (χ0v) is 15.7. The van der Waals surface area contributed by atoms with Gasteiger partial charge in [-0.2, -0.15) is 5.10 Å². The molecule has 26 heavy (non-hydrogen) atoms. The van der Waals surface area contributed by atoms with Crippen LogP contribution in [0.25, 0.3) is 0 Å². The Morgan fingerprint density at radius 3 is 2.77 bits per heavy atom. The molecule has 0 aromatic carbocycles. The van der Waals surface area contributed by atoms with Crippen molar-refractivity contribution in [2.24, 2.45) is 0 Å². The number of carbonyl (C=O) groups is 1. The minimum Gasteiger partial charge on any atom is -0.379 e. The Morgan fingerprint density at radius 1 is 1.31 bits per heavy atom. The lowest BCUT2D eigenvalue weighted by Crippen LogP contribution is -2.38. The van der Waals surface area contributed by atoms with Crippen LogP contribution in [-0.2, 0) is 17.8 Å². The molecule has 1 saturated heterocycles. The molecule has 0 saturated carbocycles. The fraction of sp³-hybridized carbons (Fsp3) is 0.647. The fourth-order valence-corrected chi connectivity index (χ4v) is 3.04. The molecule has 1 atom stereocenters. The molecule has 0 radical (unpaired) electrons. The normalized spacial score (nSPS) is 16.6. The minimum absolute atomic E-state index is 0.0565. The summed E-state index contributed by atoms with van der Waals surface area (Å²) in [5, 5.41) is 15.4. The zero-order valence-electron chi connectivity index (χ0n) is 15.7. The van der Waals surface area contributed by atoms with Crippen molar-refractivity contribution in [1.29, 1.82) is 0 Å². The molecule has 3 heterocycles. The average molecular weight is 361 g/mol. The lowest BCUT2D eigenvalue weighted by atomic mass is 10.3. The Bertz CT molecular complexity index is 733. The highest BCUT2D eigenvalue weighted by molar-refractivity contribution is 5.92. The third-order valence-corrected chi connectivity index (χ3v) is 4.45. The summed E-state index contributed by atoms with van der Waals surface area (Å²) in [6, 6.07) is 1.97. The molecular weight excluding hydrogens is 334 g/mol. The number of amides is 1. The van der Waals surface area contributed by atoms with Gasteiger partial charge in [-0.1, -0.05) is 5.21 Å².